The third-order valence-corrected chi connectivity index (χ3v) is 14.0. The number of furan rings is 2. The molecule has 5 heterocycles. The molecule has 0 spiro atoms. The number of aromatic nitrogens is 5. The van der Waals surface area contributed by atoms with Crippen molar-refractivity contribution in [2.24, 2.45) is 0 Å². The Morgan fingerprint density at radius 1 is 0.286 bits per heavy atom. The number of rotatable bonds is 6. The zero-order chi connectivity index (χ0) is 45.9. The van der Waals surface area contributed by atoms with E-state index in [-0.39, 0.29) is 0 Å². The number of hydrogen-bond donors (Lipinski definition) is 0. The van der Waals surface area contributed by atoms with Crippen molar-refractivity contribution in [2.75, 3.05) is 0 Å². The van der Waals surface area contributed by atoms with Gasteiger partial charge in [0.2, 0.25) is 0 Å². The third-order valence-electron chi connectivity index (χ3n) is 14.0. The van der Waals surface area contributed by atoms with Crippen LogP contribution < -0.4 is 0 Å². The fraction of sp³-hybridized carbons (Fsp3) is 0. The van der Waals surface area contributed by atoms with Crippen LogP contribution in [0.5, 0.6) is 0 Å². The third kappa shape index (κ3) is 5.72. The van der Waals surface area contributed by atoms with Gasteiger partial charge in [0.05, 0.1) is 22.1 Å². The second-order valence-corrected chi connectivity index (χ2v) is 17.9. The zero-order valence-corrected chi connectivity index (χ0v) is 37.4. The summed E-state index contributed by atoms with van der Waals surface area (Å²) in [6.45, 7) is 0. The van der Waals surface area contributed by atoms with Crippen LogP contribution in [0.2, 0.25) is 0 Å². The fourth-order valence-electron chi connectivity index (χ4n) is 10.9. The highest BCUT2D eigenvalue weighted by molar-refractivity contribution is 6.24. The van der Waals surface area contributed by atoms with Gasteiger partial charge in [0.1, 0.15) is 22.3 Å². The maximum atomic E-state index is 6.64. The van der Waals surface area contributed by atoms with Crippen LogP contribution in [0, 0.1) is 0 Å². The van der Waals surface area contributed by atoms with Crippen molar-refractivity contribution in [3.63, 3.8) is 0 Å². The van der Waals surface area contributed by atoms with Crippen LogP contribution in [0.3, 0.4) is 0 Å². The van der Waals surface area contributed by atoms with Crippen LogP contribution in [0.4, 0.5) is 0 Å². The Hall–Kier alpha value is -9.59. The van der Waals surface area contributed by atoms with Crippen molar-refractivity contribution in [3.8, 4) is 56.7 Å². The van der Waals surface area contributed by atoms with Gasteiger partial charge < -0.3 is 18.0 Å². The summed E-state index contributed by atoms with van der Waals surface area (Å²) in [6.07, 6.45) is 0. The minimum Gasteiger partial charge on any atom is -0.456 e. The van der Waals surface area contributed by atoms with E-state index in [1.54, 1.807) is 0 Å². The molecule has 0 saturated carbocycles. The molecule has 0 unspecified atom stereocenters. The molecule has 0 radical (unpaired) electrons. The summed E-state index contributed by atoms with van der Waals surface area (Å²) in [4.78, 5) is 15.6. The lowest BCUT2D eigenvalue weighted by Gasteiger charge is -2.12. The molecule has 10 aromatic carbocycles. The maximum Gasteiger partial charge on any atom is 0.164 e. The van der Waals surface area contributed by atoms with E-state index in [2.05, 4.69) is 161 Å². The normalized spacial score (nSPS) is 12.0. The largest absolute Gasteiger partial charge is 0.456 e. The molecule has 0 aliphatic rings. The minimum atomic E-state index is 0.557. The van der Waals surface area contributed by atoms with Crippen LogP contribution in [0.15, 0.2) is 233 Å². The molecule has 326 valence electrons. The topological polar surface area (TPSA) is 74.8 Å². The first-order chi connectivity index (χ1) is 34.7. The second-order valence-electron chi connectivity index (χ2n) is 17.9. The van der Waals surface area contributed by atoms with E-state index in [0.29, 0.717) is 17.5 Å². The summed E-state index contributed by atoms with van der Waals surface area (Å²) in [5, 5.41) is 8.71. The molecule has 0 fully saturated rings. The summed E-state index contributed by atoms with van der Waals surface area (Å²) in [6, 6.07) is 78.6. The number of para-hydroxylation sites is 4. The first-order valence-electron chi connectivity index (χ1n) is 23.5. The smallest absolute Gasteiger partial charge is 0.164 e. The predicted octanol–water partition coefficient (Wildman–Crippen LogP) is 16.5. The Bertz CT molecular complexity index is 4580. The second kappa shape index (κ2) is 15.0. The predicted molar refractivity (Wildman–Crippen MR) is 285 cm³/mol. The number of fused-ring (bicyclic) bond motifs is 13. The van der Waals surface area contributed by atoms with Gasteiger partial charge in [-0.05, 0) is 83.9 Å². The van der Waals surface area contributed by atoms with Gasteiger partial charge in [-0.25, -0.2) is 15.0 Å². The average Bonchev–Trinajstić information content (AvgIpc) is 4.19. The summed E-state index contributed by atoms with van der Waals surface area (Å²) >= 11 is 0. The Balaban J connectivity index is 0.945. The van der Waals surface area contributed by atoms with Crippen molar-refractivity contribution < 1.29 is 8.83 Å². The molecular weight excluding hydrogens is 859 g/mol. The van der Waals surface area contributed by atoms with Gasteiger partial charge in [0.25, 0.3) is 0 Å². The standard InChI is InChI=1S/C63H37N5O2/c1-4-16-38(17-5-1)61-64-62(47-24-14-28-55-57(47)46-23-11-13-27-53(46)69-55)66-63(65-61)48-25-15-29-56-58(48)50-37-40(31-35-54(50)70-56)39-30-34-52-49(36-39)45-33-32-44-43-22-10-12-26-51(43)67(41-18-6-2-7-19-41)59(44)60(45)68(52)42-20-8-3-9-21-42/h1-37H. The molecule has 7 heteroatoms. The van der Waals surface area contributed by atoms with E-state index >= 15 is 0 Å². The quantitative estimate of drug-likeness (QED) is 0.166. The lowest BCUT2D eigenvalue weighted by atomic mass is 9.99. The highest BCUT2D eigenvalue weighted by atomic mass is 16.3. The summed E-state index contributed by atoms with van der Waals surface area (Å²) in [5.74, 6) is 1.71. The molecule has 15 rings (SSSR count). The van der Waals surface area contributed by atoms with Gasteiger partial charge >= 0.3 is 0 Å². The summed E-state index contributed by atoms with van der Waals surface area (Å²) in [5.41, 5.74) is 14.9. The number of benzene rings is 10. The molecule has 70 heavy (non-hydrogen) atoms. The SMILES string of the molecule is c1ccc(-c2nc(-c3cccc4oc5ccccc5c34)nc(-c3cccc4oc5ccc(-c6ccc7c(c6)c6ccc8c9ccccc9n(-c9ccccc9)c8c6n7-c6ccccc6)cc5c34)n2)cc1. The van der Waals surface area contributed by atoms with Gasteiger partial charge in [-0.2, -0.15) is 0 Å². The average molecular weight is 896 g/mol. The maximum absolute atomic E-state index is 6.64. The van der Waals surface area contributed by atoms with E-state index in [1.165, 1.54) is 38.1 Å². The van der Waals surface area contributed by atoms with Crippen LogP contribution in [-0.2, 0) is 0 Å². The van der Waals surface area contributed by atoms with Gasteiger partial charge in [-0.15, -0.1) is 0 Å². The summed E-state index contributed by atoms with van der Waals surface area (Å²) < 4.78 is 17.8. The number of hydrogen-bond acceptors (Lipinski definition) is 5. The summed E-state index contributed by atoms with van der Waals surface area (Å²) in [7, 11) is 0. The Morgan fingerprint density at radius 2 is 0.757 bits per heavy atom. The lowest BCUT2D eigenvalue weighted by molar-refractivity contribution is 0.668. The van der Waals surface area contributed by atoms with Crippen LogP contribution in [0.25, 0.3) is 144 Å². The molecular formula is C63H37N5O2. The van der Waals surface area contributed by atoms with Gasteiger partial charge in [0, 0.05) is 71.2 Å². The Labute approximate surface area is 399 Å². The fourth-order valence-corrected chi connectivity index (χ4v) is 10.9. The highest BCUT2D eigenvalue weighted by Gasteiger charge is 2.24. The Morgan fingerprint density at radius 3 is 1.41 bits per heavy atom. The molecule has 0 bridgehead atoms. The molecule has 15 aromatic rings. The molecule has 0 aliphatic carbocycles. The molecule has 0 atom stereocenters. The van der Waals surface area contributed by atoms with Crippen LogP contribution in [0.1, 0.15) is 0 Å². The molecule has 7 nitrogen and oxygen atoms in total. The van der Waals surface area contributed by atoms with E-state index in [0.717, 1.165) is 88.6 Å². The molecule has 0 aliphatic heterocycles. The first kappa shape index (κ1) is 38.5. The van der Waals surface area contributed by atoms with Gasteiger partial charge in [-0.1, -0.05) is 152 Å². The molecule has 0 amide bonds. The first-order valence-corrected chi connectivity index (χ1v) is 23.5. The zero-order valence-electron chi connectivity index (χ0n) is 37.4. The van der Waals surface area contributed by atoms with E-state index in [1.807, 2.05) is 72.8 Å². The van der Waals surface area contributed by atoms with Crippen molar-refractivity contribution in [1.29, 1.82) is 0 Å². The molecule has 5 aromatic heterocycles. The molecule has 0 N–H and O–H groups in total. The van der Waals surface area contributed by atoms with Gasteiger partial charge in [-0.3, -0.25) is 0 Å². The van der Waals surface area contributed by atoms with Crippen LogP contribution >= 0.6 is 0 Å². The van der Waals surface area contributed by atoms with Crippen molar-refractivity contribution >= 4 is 87.5 Å². The van der Waals surface area contributed by atoms with E-state index in [4.69, 9.17) is 23.8 Å². The highest BCUT2D eigenvalue weighted by Crippen LogP contribution is 2.44. The van der Waals surface area contributed by atoms with Crippen LogP contribution in [-0.4, -0.2) is 24.1 Å². The lowest BCUT2D eigenvalue weighted by Crippen LogP contribution is -2.00. The minimum absolute atomic E-state index is 0.557. The van der Waals surface area contributed by atoms with Crippen molar-refractivity contribution in [2.45, 2.75) is 0 Å². The van der Waals surface area contributed by atoms with E-state index in [9.17, 15) is 0 Å². The van der Waals surface area contributed by atoms with Crippen molar-refractivity contribution in [3.05, 3.63) is 224 Å². The van der Waals surface area contributed by atoms with Gasteiger partial charge in [0.15, 0.2) is 17.5 Å². The van der Waals surface area contributed by atoms with E-state index < -0.39 is 0 Å². The van der Waals surface area contributed by atoms with Crippen molar-refractivity contribution in [1.82, 2.24) is 24.1 Å². The monoisotopic (exact) mass is 895 g/mol. The Kier molecular flexibility index (Phi) is 8.23. The molecule has 0 saturated heterocycles. The number of nitrogens with zero attached hydrogens (tertiary/aromatic N) is 5.